The normalized spacial score (nSPS) is 14.4. The van der Waals surface area contributed by atoms with Gasteiger partial charge < -0.3 is 14.8 Å². The summed E-state index contributed by atoms with van der Waals surface area (Å²) in [7, 11) is 3.19. The number of rotatable bonds is 8. The molecule has 0 atom stereocenters. The second-order valence-corrected chi connectivity index (χ2v) is 8.54. The average molecular weight is 423 g/mol. The molecular weight excluding hydrogens is 392 g/mol. The Balaban J connectivity index is 1.96. The SMILES string of the molecule is COCCCN1C(=O)C(Nc2ccc(C(C)(C)C)cc2)=C(c2ccc(OC)cc2)C1=O. The van der Waals surface area contributed by atoms with Crippen LogP contribution < -0.4 is 10.1 Å². The van der Waals surface area contributed by atoms with Crippen molar-refractivity contribution in [3.63, 3.8) is 0 Å². The first-order chi connectivity index (χ1) is 14.8. The van der Waals surface area contributed by atoms with Crippen LogP contribution in [-0.2, 0) is 19.7 Å². The van der Waals surface area contributed by atoms with E-state index in [0.29, 0.717) is 36.5 Å². The summed E-state index contributed by atoms with van der Waals surface area (Å²) in [5.41, 5.74) is 3.30. The zero-order valence-corrected chi connectivity index (χ0v) is 18.8. The third-order valence-corrected chi connectivity index (χ3v) is 5.30. The molecule has 1 heterocycles. The Labute approximate surface area is 183 Å². The fourth-order valence-electron chi connectivity index (χ4n) is 3.49. The summed E-state index contributed by atoms with van der Waals surface area (Å²) >= 11 is 0. The molecule has 0 fully saturated rings. The van der Waals surface area contributed by atoms with Crippen LogP contribution in [0.25, 0.3) is 5.57 Å². The number of nitrogens with one attached hydrogen (secondary N) is 1. The van der Waals surface area contributed by atoms with Gasteiger partial charge in [-0.3, -0.25) is 14.5 Å². The number of ether oxygens (including phenoxy) is 2. The summed E-state index contributed by atoms with van der Waals surface area (Å²) in [5.74, 6) is 0.0530. The Morgan fingerprint density at radius 3 is 2.10 bits per heavy atom. The minimum atomic E-state index is -0.327. The molecule has 0 aromatic heterocycles. The van der Waals surface area contributed by atoms with E-state index < -0.39 is 0 Å². The smallest absolute Gasteiger partial charge is 0.278 e. The van der Waals surface area contributed by atoms with Crippen molar-refractivity contribution < 1.29 is 19.1 Å². The highest BCUT2D eigenvalue weighted by Crippen LogP contribution is 2.32. The predicted octanol–water partition coefficient (Wildman–Crippen LogP) is 4.22. The third kappa shape index (κ3) is 4.97. The second kappa shape index (κ2) is 9.35. The standard InChI is InChI=1S/C25H30N2O4/c1-25(2,3)18-9-11-19(12-10-18)26-22-21(17-7-13-20(31-5)14-8-17)23(28)27(24(22)29)15-6-16-30-4/h7-14,26H,6,15-16H2,1-5H3. The predicted molar refractivity (Wildman–Crippen MR) is 122 cm³/mol. The van der Waals surface area contributed by atoms with Crippen molar-refractivity contribution in [1.82, 2.24) is 4.90 Å². The van der Waals surface area contributed by atoms with Crippen molar-refractivity contribution in [3.05, 3.63) is 65.4 Å². The third-order valence-electron chi connectivity index (χ3n) is 5.30. The Hall–Kier alpha value is -3.12. The van der Waals surface area contributed by atoms with Gasteiger partial charge in [-0.05, 0) is 47.2 Å². The van der Waals surface area contributed by atoms with E-state index in [1.165, 1.54) is 10.5 Å². The van der Waals surface area contributed by atoms with Crippen molar-refractivity contribution in [2.24, 2.45) is 0 Å². The van der Waals surface area contributed by atoms with E-state index >= 15 is 0 Å². The van der Waals surface area contributed by atoms with Gasteiger partial charge in [0.05, 0.1) is 12.7 Å². The first-order valence-corrected chi connectivity index (χ1v) is 10.4. The van der Waals surface area contributed by atoms with Gasteiger partial charge in [-0.15, -0.1) is 0 Å². The lowest BCUT2D eigenvalue weighted by molar-refractivity contribution is -0.136. The molecule has 31 heavy (non-hydrogen) atoms. The molecule has 1 N–H and O–H groups in total. The van der Waals surface area contributed by atoms with Crippen molar-refractivity contribution >= 4 is 23.1 Å². The monoisotopic (exact) mass is 422 g/mol. The summed E-state index contributed by atoms with van der Waals surface area (Å²) < 4.78 is 10.3. The number of carbonyl (C=O) groups is 2. The molecular formula is C25H30N2O4. The molecule has 164 valence electrons. The molecule has 6 heteroatoms. The number of imide groups is 1. The van der Waals surface area contributed by atoms with E-state index in [9.17, 15) is 9.59 Å². The van der Waals surface area contributed by atoms with Gasteiger partial charge in [-0.1, -0.05) is 45.0 Å². The summed E-state index contributed by atoms with van der Waals surface area (Å²) in [6, 6.07) is 15.1. The maximum absolute atomic E-state index is 13.2. The van der Waals surface area contributed by atoms with E-state index in [-0.39, 0.29) is 22.9 Å². The molecule has 2 amide bonds. The molecule has 6 nitrogen and oxygen atoms in total. The van der Waals surface area contributed by atoms with E-state index in [1.54, 1.807) is 38.5 Å². The van der Waals surface area contributed by atoms with E-state index in [1.807, 2.05) is 24.3 Å². The molecule has 3 rings (SSSR count). The van der Waals surface area contributed by atoms with Crippen LogP contribution in [0.4, 0.5) is 5.69 Å². The number of amides is 2. The average Bonchev–Trinajstić information content (AvgIpc) is 2.98. The zero-order chi connectivity index (χ0) is 22.6. The first-order valence-electron chi connectivity index (χ1n) is 10.4. The minimum absolute atomic E-state index is 0.0311. The van der Waals surface area contributed by atoms with Crippen LogP contribution >= 0.6 is 0 Å². The van der Waals surface area contributed by atoms with Crippen LogP contribution in [-0.4, -0.2) is 44.1 Å². The van der Waals surface area contributed by atoms with Gasteiger partial charge in [-0.2, -0.15) is 0 Å². The maximum Gasteiger partial charge on any atom is 0.278 e. The maximum atomic E-state index is 13.2. The van der Waals surface area contributed by atoms with Gasteiger partial charge in [-0.25, -0.2) is 0 Å². The molecule has 2 aromatic rings. The summed E-state index contributed by atoms with van der Waals surface area (Å²) in [4.78, 5) is 27.6. The molecule has 1 aliphatic heterocycles. The lowest BCUT2D eigenvalue weighted by Gasteiger charge is -2.19. The van der Waals surface area contributed by atoms with Crippen molar-refractivity contribution in [2.75, 3.05) is 32.7 Å². The molecule has 0 bridgehead atoms. The van der Waals surface area contributed by atoms with Crippen LogP contribution in [0.3, 0.4) is 0 Å². The quantitative estimate of drug-likeness (QED) is 0.510. The number of nitrogens with zero attached hydrogens (tertiary/aromatic N) is 1. The number of hydrogen-bond acceptors (Lipinski definition) is 5. The Morgan fingerprint density at radius 1 is 0.903 bits per heavy atom. The first kappa shape index (κ1) is 22.6. The summed E-state index contributed by atoms with van der Waals surface area (Å²) in [5, 5.41) is 3.20. The van der Waals surface area contributed by atoms with E-state index in [2.05, 4.69) is 26.1 Å². The molecule has 0 spiro atoms. The zero-order valence-electron chi connectivity index (χ0n) is 18.8. The van der Waals surface area contributed by atoms with Crippen LogP contribution in [0.5, 0.6) is 5.75 Å². The van der Waals surface area contributed by atoms with Gasteiger partial charge in [0, 0.05) is 25.9 Å². The van der Waals surface area contributed by atoms with Crippen LogP contribution in [0.15, 0.2) is 54.2 Å². The van der Waals surface area contributed by atoms with Gasteiger partial charge >= 0.3 is 0 Å². The van der Waals surface area contributed by atoms with Gasteiger partial charge in [0.1, 0.15) is 11.4 Å². The summed E-state index contributed by atoms with van der Waals surface area (Å²) in [6.45, 7) is 7.23. The molecule has 2 aromatic carbocycles. The number of benzene rings is 2. The lowest BCUT2D eigenvalue weighted by atomic mass is 9.87. The van der Waals surface area contributed by atoms with Crippen molar-refractivity contribution in [3.8, 4) is 5.75 Å². The van der Waals surface area contributed by atoms with Crippen LogP contribution in [0, 0.1) is 0 Å². The molecule has 0 aliphatic carbocycles. The largest absolute Gasteiger partial charge is 0.497 e. The second-order valence-electron chi connectivity index (χ2n) is 8.54. The Kier molecular flexibility index (Phi) is 6.81. The molecule has 0 unspecified atom stereocenters. The van der Waals surface area contributed by atoms with Crippen LogP contribution in [0.1, 0.15) is 38.3 Å². The molecule has 0 saturated heterocycles. The fraction of sp³-hybridized carbons (Fsp3) is 0.360. The van der Waals surface area contributed by atoms with Gasteiger partial charge in [0.2, 0.25) is 0 Å². The topological polar surface area (TPSA) is 67.9 Å². The Bertz CT molecular complexity index is 970. The highest BCUT2D eigenvalue weighted by atomic mass is 16.5. The lowest BCUT2D eigenvalue weighted by Crippen LogP contribution is -2.33. The highest BCUT2D eigenvalue weighted by Gasteiger charge is 2.38. The van der Waals surface area contributed by atoms with E-state index in [0.717, 1.165) is 5.69 Å². The van der Waals surface area contributed by atoms with Crippen molar-refractivity contribution in [2.45, 2.75) is 32.6 Å². The number of methoxy groups -OCH3 is 2. The number of anilines is 1. The van der Waals surface area contributed by atoms with Gasteiger partial charge in [0.25, 0.3) is 11.8 Å². The fourth-order valence-corrected chi connectivity index (χ4v) is 3.49. The minimum Gasteiger partial charge on any atom is -0.497 e. The highest BCUT2D eigenvalue weighted by molar-refractivity contribution is 6.36. The molecule has 1 aliphatic rings. The summed E-state index contributed by atoms with van der Waals surface area (Å²) in [6.07, 6.45) is 0.581. The van der Waals surface area contributed by atoms with Crippen LogP contribution in [0.2, 0.25) is 0 Å². The van der Waals surface area contributed by atoms with E-state index in [4.69, 9.17) is 9.47 Å². The number of hydrogen-bond donors (Lipinski definition) is 1. The molecule has 0 radical (unpaired) electrons. The van der Waals surface area contributed by atoms with Gasteiger partial charge in [0.15, 0.2) is 0 Å². The Morgan fingerprint density at radius 2 is 1.55 bits per heavy atom. The number of carbonyl (C=O) groups excluding carboxylic acids is 2. The van der Waals surface area contributed by atoms with Crippen molar-refractivity contribution in [1.29, 1.82) is 0 Å². The molecule has 0 saturated carbocycles.